The molecule has 0 unspecified atom stereocenters. The first-order valence-electron chi connectivity index (χ1n) is 8.59. The van der Waals surface area contributed by atoms with Crippen LogP contribution >= 0.6 is 11.6 Å². The monoisotopic (exact) mass is 394 g/mol. The van der Waals surface area contributed by atoms with Crippen LogP contribution in [0.4, 0.5) is 0 Å². The summed E-state index contributed by atoms with van der Waals surface area (Å²) in [5.74, 6) is 0.841. The summed E-state index contributed by atoms with van der Waals surface area (Å²) in [7, 11) is 1.60. The number of nitrogens with zero attached hydrogens (tertiary/aromatic N) is 1. The third kappa shape index (κ3) is 5.34. The number of hydrazone groups is 1. The molecule has 0 saturated heterocycles. The molecule has 5 nitrogen and oxygen atoms in total. The molecule has 0 aliphatic rings. The molecular weight excluding hydrogens is 376 g/mol. The topological polar surface area (TPSA) is 59.9 Å². The fourth-order valence-electron chi connectivity index (χ4n) is 2.47. The highest BCUT2D eigenvalue weighted by molar-refractivity contribution is 6.30. The maximum Gasteiger partial charge on any atom is 0.275 e. The Hall–Kier alpha value is -3.31. The van der Waals surface area contributed by atoms with Gasteiger partial charge in [-0.25, -0.2) is 5.43 Å². The summed E-state index contributed by atoms with van der Waals surface area (Å²) >= 11 is 5.89. The highest BCUT2D eigenvalue weighted by Gasteiger charge is 2.11. The molecule has 0 radical (unpaired) electrons. The van der Waals surface area contributed by atoms with Crippen molar-refractivity contribution < 1.29 is 14.3 Å². The van der Waals surface area contributed by atoms with Gasteiger partial charge in [-0.3, -0.25) is 4.79 Å². The van der Waals surface area contributed by atoms with Crippen molar-refractivity contribution in [2.45, 2.75) is 6.61 Å². The van der Waals surface area contributed by atoms with Crippen molar-refractivity contribution in [2.75, 3.05) is 7.11 Å². The Labute approximate surface area is 168 Å². The van der Waals surface area contributed by atoms with Crippen LogP contribution in [0.5, 0.6) is 11.5 Å². The number of rotatable bonds is 7. The van der Waals surface area contributed by atoms with Gasteiger partial charge in [0.25, 0.3) is 5.91 Å². The molecule has 0 spiro atoms. The van der Waals surface area contributed by atoms with Crippen LogP contribution < -0.4 is 14.9 Å². The molecule has 0 atom stereocenters. The molecule has 6 heteroatoms. The lowest BCUT2D eigenvalue weighted by atomic mass is 10.2. The van der Waals surface area contributed by atoms with Gasteiger partial charge in [0, 0.05) is 5.02 Å². The minimum absolute atomic E-state index is 0.328. The molecule has 0 bridgehead atoms. The van der Waals surface area contributed by atoms with Crippen LogP contribution in [0.1, 0.15) is 21.5 Å². The first-order valence-corrected chi connectivity index (χ1v) is 8.97. The summed E-state index contributed by atoms with van der Waals surface area (Å²) in [4.78, 5) is 12.5. The highest BCUT2D eigenvalue weighted by Crippen LogP contribution is 2.20. The molecule has 1 amide bonds. The van der Waals surface area contributed by atoms with Gasteiger partial charge in [0.2, 0.25) is 0 Å². The second-order valence-electron chi connectivity index (χ2n) is 5.89. The van der Waals surface area contributed by atoms with E-state index >= 15 is 0 Å². The molecule has 3 aromatic rings. The average molecular weight is 395 g/mol. The molecule has 1 N–H and O–H groups in total. The predicted molar refractivity (Wildman–Crippen MR) is 110 cm³/mol. The summed E-state index contributed by atoms with van der Waals surface area (Å²) in [6.07, 6.45) is 1.55. The standard InChI is InChI=1S/C22H19ClN2O3/c1-27-19-6-4-5-17(13-19)14-24-25-22(26)20-7-2-3-8-21(20)28-15-16-9-11-18(23)12-10-16/h2-14H,15H2,1H3,(H,25,26)/b24-14-. The van der Waals surface area contributed by atoms with Crippen molar-refractivity contribution in [3.63, 3.8) is 0 Å². The predicted octanol–water partition coefficient (Wildman–Crippen LogP) is 4.69. The smallest absolute Gasteiger partial charge is 0.275 e. The second-order valence-corrected chi connectivity index (χ2v) is 6.32. The van der Waals surface area contributed by atoms with Gasteiger partial charge >= 0.3 is 0 Å². The quantitative estimate of drug-likeness (QED) is 0.467. The lowest BCUT2D eigenvalue weighted by Crippen LogP contribution is -2.18. The number of ether oxygens (including phenoxy) is 2. The SMILES string of the molecule is COc1cccc(/C=N\NC(=O)c2ccccc2OCc2ccc(Cl)cc2)c1. The van der Waals surface area contributed by atoms with E-state index in [1.54, 1.807) is 43.7 Å². The van der Waals surface area contributed by atoms with Crippen LogP contribution in [-0.2, 0) is 6.61 Å². The number of benzene rings is 3. The zero-order valence-electron chi connectivity index (χ0n) is 15.3. The average Bonchev–Trinajstić information content (AvgIpc) is 2.73. The summed E-state index contributed by atoms with van der Waals surface area (Å²) < 4.78 is 11.0. The van der Waals surface area contributed by atoms with Crippen LogP contribution in [0.15, 0.2) is 77.9 Å². The van der Waals surface area contributed by atoms with E-state index < -0.39 is 0 Å². The lowest BCUT2D eigenvalue weighted by Gasteiger charge is -2.10. The Balaban J connectivity index is 1.64. The van der Waals surface area contributed by atoms with E-state index in [9.17, 15) is 4.79 Å². The maximum absolute atomic E-state index is 12.5. The minimum atomic E-state index is -0.356. The number of hydrogen-bond acceptors (Lipinski definition) is 4. The van der Waals surface area contributed by atoms with Gasteiger partial charge in [0.05, 0.1) is 18.9 Å². The van der Waals surface area contributed by atoms with E-state index in [1.807, 2.05) is 42.5 Å². The zero-order chi connectivity index (χ0) is 19.8. The summed E-state index contributed by atoms with van der Waals surface area (Å²) in [5.41, 5.74) is 4.69. The van der Waals surface area contributed by atoms with Crippen LogP contribution in [0.25, 0.3) is 0 Å². The van der Waals surface area contributed by atoms with Gasteiger partial charge in [0.15, 0.2) is 0 Å². The maximum atomic E-state index is 12.5. The number of carbonyl (C=O) groups is 1. The van der Waals surface area contributed by atoms with Crippen molar-refractivity contribution in [3.05, 3.63) is 94.5 Å². The van der Waals surface area contributed by atoms with Crippen LogP contribution in [0.2, 0.25) is 5.02 Å². The van der Waals surface area contributed by atoms with Crippen LogP contribution in [-0.4, -0.2) is 19.2 Å². The number of nitrogens with one attached hydrogen (secondary N) is 1. The molecule has 0 heterocycles. The second kappa shape index (κ2) is 9.58. The van der Waals surface area contributed by atoms with Crippen molar-refractivity contribution >= 4 is 23.7 Å². The number of hydrogen-bond donors (Lipinski definition) is 1. The fraction of sp³-hybridized carbons (Fsp3) is 0.0909. The number of halogens is 1. The third-order valence-electron chi connectivity index (χ3n) is 3.91. The Morgan fingerprint density at radius 3 is 2.64 bits per heavy atom. The zero-order valence-corrected chi connectivity index (χ0v) is 16.0. The largest absolute Gasteiger partial charge is 0.497 e. The van der Waals surface area contributed by atoms with E-state index in [2.05, 4.69) is 10.5 Å². The molecular formula is C22H19ClN2O3. The Morgan fingerprint density at radius 2 is 1.86 bits per heavy atom. The molecule has 3 aromatic carbocycles. The van der Waals surface area contributed by atoms with E-state index in [-0.39, 0.29) is 5.91 Å². The number of para-hydroxylation sites is 1. The van der Waals surface area contributed by atoms with E-state index in [0.717, 1.165) is 16.9 Å². The molecule has 0 aliphatic heterocycles. The molecule has 0 saturated carbocycles. The van der Waals surface area contributed by atoms with Gasteiger partial charge in [-0.05, 0) is 47.5 Å². The highest BCUT2D eigenvalue weighted by atomic mass is 35.5. The third-order valence-corrected chi connectivity index (χ3v) is 4.16. The first-order chi connectivity index (χ1) is 13.7. The molecule has 0 fully saturated rings. The first kappa shape index (κ1) is 19.5. The number of methoxy groups -OCH3 is 1. The Bertz CT molecular complexity index is 972. The molecule has 3 rings (SSSR count). The van der Waals surface area contributed by atoms with Crippen molar-refractivity contribution in [2.24, 2.45) is 5.10 Å². The summed E-state index contributed by atoms with van der Waals surface area (Å²) in [5, 5.41) is 4.68. The van der Waals surface area contributed by atoms with Crippen molar-refractivity contribution in [3.8, 4) is 11.5 Å². The normalized spacial score (nSPS) is 10.6. The molecule has 142 valence electrons. The van der Waals surface area contributed by atoms with Gasteiger partial charge in [-0.1, -0.05) is 48.0 Å². The van der Waals surface area contributed by atoms with E-state index in [0.29, 0.717) is 22.9 Å². The van der Waals surface area contributed by atoms with Gasteiger partial charge < -0.3 is 9.47 Å². The molecule has 28 heavy (non-hydrogen) atoms. The van der Waals surface area contributed by atoms with Gasteiger partial charge in [0.1, 0.15) is 18.1 Å². The fourth-order valence-corrected chi connectivity index (χ4v) is 2.60. The minimum Gasteiger partial charge on any atom is -0.497 e. The number of amides is 1. The van der Waals surface area contributed by atoms with E-state index in [4.69, 9.17) is 21.1 Å². The van der Waals surface area contributed by atoms with Crippen molar-refractivity contribution in [1.82, 2.24) is 5.43 Å². The molecule has 0 aliphatic carbocycles. The Morgan fingerprint density at radius 1 is 1.07 bits per heavy atom. The van der Waals surface area contributed by atoms with Gasteiger partial charge in [-0.15, -0.1) is 0 Å². The van der Waals surface area contributed by atoms with E-state index in [1.165, 1.54) is 0 Å². The summed E-state index contributed by atoms with van der Waals surface area (Å²) in [6, 6.07) is 21.7. The van der Waals surface area contributed by atoms with Crippen LogP contribution in [0, 0.1) is 0 Å². The lowest BCUT2D eigenvalue weighted by molar-refractivity contribution is 0.0950. The van der Waals surface area contributed by atoms with Crippen molar-refractivity contribution in [1.29, 1.82) is 0 Å². The van der Waals surface area contributed by atoms with Crippen LogP contribution in [0.3, 0.4) is 0 Å². The summed E-state index contributed by atoms with van der Waals surface area (Å²) in [6.45, 7) is 0.328. The molecule has 0 aromatic heterocycles. The van der Waals surface area contributed by atoms with Gasteiger partial charge in [-0.2, -0.15) is 5.10 Å². The Kier molecular flexibility index (Phi) is 6.65. The number of carbonyl (C=O) groups excluding carboxylic acids is 1.